The third-order valence-electron chi connectivity index (χ3n) is 2.60. The van der Waals surface area contributed by atoms with Crippen molar-refractivity contribution in [2.75, 3.05) is 17.2 Å². The summed E-state index contributed by atoms with van der Waals surface area (Å²) in [6.07, 6.45) is 0. The zero-order valence-electron chi connectivity index (χ0n) is 11.1. The molecule has 0 atom stereocenters. The second-order valence-corrected chi connectivity index (χ2v) is 4.54. The van der Waals surface area contributed by atoms with E-state index in [-0.39, 0.29) is 16.4 Å². The minimum atomic E-state index is -0.747. The number of nitrogens with one attached hydrogen (secondary N) is 2. The summed E-state index contributed by atoms with van der Waals surface area (Å²) in [5, 5.41) is 5.30. The lowest BCUT2D eigenvalue weighted by Crippen LogP contribution is -2.16. The third kappa shape index (κ3) is 3.66. The quantitative estimate of drug-likeness (QED) is 0.905. The Kier molecular flexibility index (Phi) is 4.70. The average Bonchev–Trinajstić information content (AvgIpc) is 2.45. The van der Waals surface area contributed by atoms with Crippen LogP contribution in [0.15, 0.2) is 30.3 Å². The van der Waals surface area contributed by atoms with Crippen molar-refractivity contribution in [2.45, 2.75) is 6.92 Å². The van der Waals surface area contributed by atoms with Crippen LogP contribution in [0.5, 0.6) is 0 Å². The molecule has 0 aliphatic carbocycles. The smallest absolute Gasteiger partial charge is 0.275 e. The highest BCUT2D eigenvalue weighted by molar-refractivity contribution is 6.34. The van der Waals surface area contributed by atoms with Crippen molar-refractivity contribution in [1.82, 2.24) is 4.98 Å². The minimum Gasteiger partial charge on any atom is -0.370 e. The van der Waals surface area contributed by atoms with Gasteiger partial charge in [0.15, 0.2) is 0 Å². The molecular weight excluding hydrogens is 300 g/mol. The topological polar surface area (TPSA) is 54.0 Å². The fourth-order valence-electron chi connectivity index (χ4n) is 1.66. The molecule has 0 unspecified atom stereocenters. The van der Waals surface area contributed by atoms with Crippen LogP contribution in [0.4, 0.5) is 20.3 Å². The summed E-state index contributed by atoms with van der Waals surface area (Å²) in [5.41, 5.74) is -0.342. The van der Waals surface area contributed by atoms with Crippen LogP contribution < -0.4 is 10.6 Å². The average molecular weight is 312 g/mol. The van der Waals surface area contributed by atoms with E-state index in [1.54, 1.807) is 6.07 Å². The standard InChI is InChI=1S/C14H12ClF2N3O/c1-2-18-12-6-4-9(15)13(20-12)14(21)19-11-7-8(16)3-5-10(11)17/h3-7H,2H2,1H3,(H,18,20)(H,19,21). The molecular formula is C14H12ClF2N3O. The molecule has 1 amide bonds. The third-order valence-corrected chi connectivity index (χ3v) is 2.90. The number of aromatic nitrogens is 1. The summed E-state index contributed by atoms with van der Waals surface area (Å²) >= 11 is 5.91. The van der Waals surface area contributed by atoms with Gasteiger partial charge in [0, 0.05) is 12.6 Å². The monoisotopic (exact) mass is 311 g/mol. The molecule has 0 radical (unpaired) electrons. The summed E-state index contributed by atoms with van der Waals surface area (Å²) in [7, 11) is 0. The first-order chi connectivity index (χ1) is 10.0. The number of carbonyl (C=O) groups excluding carboxylic acids is 1. The number of hydrogen-bond acceptors (Lipinski definition) is 3. The van der Waals surface area contributed by atoms with Gasteiger partial charge in [-0.05, 0) is 31.2 Å². The molecule has 2 aromatic rings. The van der Waals surface area contributed by atoms with E-state index in [2.05, 4.69) is 15.6 Å². The fourth-order valence-corrected chi connectivity index (χ4v) is 1.85. The maximum absolute atomic E-state index is 13.5. The van der Waals surface area contributed by atoms with Gasteiger partial charge in [0.25, 0.3) is 5.91 Å². The largest absolute Gasteiger partial charge is 0.370 e. The predicted molar refractivity (Wildman–Crippen MR) is 77.7 cm³/mol. The van der Waals surface area contributed by atoms with Crippen LogP contribution >= 0.6 is 11.6 Å². The lowest BCUT2D eigenvalue weighted by atomic mass is 10.2. The molecule has 0 aliphatic rings. The van der Waals surface area contributed by atoms with Crippen LogP contribution in [0.3, 0.4) is 0 Å². The van der Waals surface area contributed by atoms with Crippen molar-refractivity contribution in [3.8, 4) is 0 Å². The molecule has 0 fully saturated rings. The van der Waals surface area contributed by atoms with Gasteiger partial charge in [-0.2, -0.15) is 0 Å². The van der Waals surface area contributed by atoms with Crippen molar-refractivity contribution in [2.24, 2.45) is 0 Å². The molecule has 0 spiro atoms. The second kappa shape index (κ2) is 6.49. The Bertz CT molecular complexity index is 679. The zero-order valence-corrected chi connectivity index (χ0v) is 11.8. The van der Waals surface area contributed by atoms with Crippen molar-refractivity contribution in [3.63, 3.8) is 0 Å². The van der Waals surface area contributed by atoms with Crippen molar-refractivity contribution in [3.05, 3.63) is 52.7 Å². The van der Waals surface area contributed by atoms with Crippen molar-refractivity contribution < 1.29 is 13.6 Å². The van der Waals surface area contributed by atoms with Gasteiger partial charge in [-0.15, -0.1) is 0 Å². The fraction of sp³-hybridized carbons (Fsp3) is 0.143. The summed E-state index contributed by atoms with van der Waals surface area (Å²) in [6.45, 7) is 2.49. The number of hydrogen-bond donors (Lipinski definition) is 2. The number of pyridine rings is 1. The van der Waals surface area contributed by atoms with E-state index in [4.69, 9.17) is 11.6 Å². The van der Waals surface area contributed by atoms with Gasteiger partial charge in [-0.3, -0.25) is 4.79 Å². The van der Waals surface area contributed by atoms with E-state index in [9.17, 15) is 13.6 Å². The molecule has 4 nitrogen and oxygen atoms in total. The Labute approximate surface area is 125 Å². The Morgan fingerprint density at radius 3 is 2.76 bits per heavy atom. The summed E-state index contributed by atoms with van der Waals surface area (Å²) in [5.74, 6) is -1.66. The number of halogens is 3. The summed E-state index contributed by atoms with van der Waals surface area (Å²) < 4.78 is 26.6. The van der Waals surface area contributed by atoms with Gasteiger partial charge in [-0.25, -0.2) is 13.8 Å². The maximum atomic E-state index is 13.5. The lowest BCUT2D eigenvalue weighted by Gasteiger charge is -2.09. The summed E-state index contributed by atoms with van der Waals surface area (Å²) in [6, 6.07) is 5.89. The van der Waals surface area contributed by atoms with Gasteiger partial charge >= 0.3 is 0 Å². The van der Waals surface area contributed by atoms with Gasteiger partial charge in [-0.1, -0.05) is 11.6 Å². The first-order valence-corrected chi connectivity index (χ1v) is 6.56. The Morgan fingerprint density at radius 2 is 2.05 bits per heavy atom. The Balaban J connectivity index is 2.27. The number of rotatable bonds is 4. The highest BCUT2D eigenvalue weighted by Gasteiger charge is 2.15. The molecule has 7 heteroatoms. The highest BCUT2D eigenvalue weighted by atomic mass is 35.5. The van der Waals surface area contributed by atoms with E-state index in [1.807, 2.05) is 6.92 Å². The van der Waals surface area contributed by atoms with Crippen molar-refractivity contribution in [1.29, 1.82) is 0 Å². The van der Waals surface area contributed by atoms with Gasteiger partial charge in [0.05, 0.1) is 10.7 Å². The van der Waals surface area contributed by atoms with Crippen LogP contribution in [-0.2, 0) is 0 Å². The maximum Gasteiger partial charge on any atom is 0.275 e. The Hall–Kier alpha value is -2.21. The second-order valence-electron chi connectivity index (χ2n) is 4.14. The van der Waals surface area contributed by atoms with E-state index in [1.165, 1.54) is 6.07 Å². The van der Waals surface area contributed by atoms with Gasteiger partial charge < -0.3 is 10.6 Å². The first kappa shape index (κ1) is 15.2. The molecule has 0 bridgehead atoms. The molecule has 2 rings (SSSR count). The lowest BCUT2D eigenvalue weighted by molar-refractivity contribution is 0.102. The van der Waals surface area contributed by atoms with E-state index in [0.717, 1.165) is 18.2 Å². The Morgan fingerprint density at radius 1 is 1.29 bits per heavy atom. The number of nitrogens with zero attached hydrogens (tertiary/aromatic N) is 1. The number of carbonyl (C=O) groups is 1. The highest BCUT2D eigenvalue weighted by Crippen LogP contribution is 2.20. The van der Waals surface area contributed by atoms with Crippen LogP contribution in [0, 0.1) is 11.6 Å². The van der Waals surface area contributed by atoms with Gasteiger partial charge in [0.2, 0.25) is 0 Å². The molecule has 1 aromatic heterocycles. The van der Waals surface area contributed by atoms with Crippen LogP contribution in [0.1, 0.15) is 17.4 Å². The number of benzene rings is 1. The van der Waals surface area contributed by atoms with Crippen LogP contribution in [0.25, 0.3) is 0 Å². The molecule has 1 aromatic carbocycles. The van der Waals surface area contributed by atoms with Crippen LogP contribution in [-0.4, -0.2) is 17.4 Å². The summed E-state index contributed by atoms with van der Waals surface area (Å²) in [4.78, 5) is 16.1. The molecule has 1 heterocycles. The molecule has 2 N–H and O–H groups in total. The SMILES string of the molecule is CCNc1ccc(Cl)c(C(=O)Nc2cc(F)ccc2F)n1. The van der Waals surface area contributed by atoms with Crippen molar-refractivity contribution >= 4 is 29.0 Å². The normalized spacial score (nSPS) is 10.3. The number of anilines is 2. The molecule has 21 heavy (non-hydrogen) atoms. The van der Waals surface area contributed by atoms with E-state index < -0.39 is 17.5 Å². The number of amides is 1. The molecule has 0 saturated carbocycles. The minimum absolute atomic E-state index is 0.0706. The predicted octanol–water partition coefficient (Wildman–Crippen LogP) is 3.70. The van der Waals surface area contributed by atoms with Crippen LogP contribution in [0.2, 0.25) is 5.02 Å². The zero-order chi connectivity index (χ0) is 15.4. The van der Waals surface area contributed by atoms with E-state index >= 15 is 0 Å². The first-order valence-electron chi connectivity index (χ1n) is 6.18. The molecule has 0 aliphatic heterocycles. The van der Waals surface area contributed by atoms with E-state index in [0.29, 0.717) is 12.4 Å². The molecule has 110 valence electrons. The molecule has 0 saturated heterocycles. The van der Waals surface area contributed by atoms with Gasteiger partial charge in [0.1, 0.15) is 23.1 Å².